The lowest BCUT2D eigenvalue weighted by atomic mass is 10.00. The molecule has 58 heavy (non-hydrogen) atoms. The van der Waals surface area contributed by atoms with Crippen molar-refractivity contribution < 1.29 is 0 Å². The van der Waals surface area contributed by atoms with Crippen LogP contribution in [0.15, 0.2) is 206 Å². The van der Waals surface area contributed by atoms with Crippen LogP contribution in [-0.2, 0) is 0 Å². The smallest absolute Gasteiger partial charge is 0.165 e. The summed E-state index contributed by atoms with van der Waals surface area (Å²) >= 11 is 0. The van der Waals surface area contributed by atoms with Crippen molar-refractivity contribution >= 4 is 65.4 Å². The highest BCUT2D eigenvalue weighted by Crippen LogP contribution is 2.42. The van der Waals surface area contributed by atoms with E-state index in [0.717, 1.165) is 61.5 Å². The lowest BCUT2D eigenvalue weighted by Crippen LogP contribution is -2.03. The van der Waals surface area contributed by atoms with E-state index < -0.39 is 0 Å². The van der Waals surface area contributed by atoms with Crippen LogP contribution in [-0.4, -0.2) is 19.1 Å². The van der Waals surface area contributed by atoms with Crippen LogP contribution >= 0.6 is 0 Å². The highest BCUT2D eigenvalue weighted by molar-refractivity contribution is 6.22. The highest BCUT2D eigenvalue weighted by Gasteiger charge is 2.22. The standard InChI is InChI=1S/C54H34N4/c1-3-13-35(14-4-1)36-23-25-38(26-24-36)53-54(56-47-21-11-10-20-46(47)55-53)58-49-32-29-37-15-7-8-18-42(37)52(49)45-31-28-40(34-51(45)58)39-27-30-44-43-19-9-12-22-48(43)57(50(44)33-39)41-16-5-2-6-17-41/h1-34H. The molecule has 0 aliphatic carbocycles. The molecule has 4 nitrogen and oxygen atoms in total. The molecule has 4 heteroatoms. The Morgan fingerprint density at radius 2 is 0.862 bits per heavy atom. The van der Waals surface area contributed by atoms with Gasteiger partial charge in [0.25, 0.3) is 0 Å². The maximum Gasteiger partial charge on any atom is 0.165 e. The number of hydrogen-bond acceptors (Lipinski definition) is 2. The summed E-state index contributed by atoms with van der Waals surface area (Å²) in [7, 11) is 0. The van der Waals surface area contributed by atoms with Crippen molar-refractivity contribution in [3.8, 4) is 45.0 Å². The molecular formula is C54H34N4. The predicted molar refractivity (Wildman–Crippen MR) is 242 cm³/mol. The summed E-state index contributed by atoms with van der Waals surface area (Å²) in [5.74, 6) is 0.804. The molecule has 0 radical (unpaired) electrons. The summed E-state index contributed by atoms with van der Waals surface area (Å²) in [4.78, 5) is 10.8. The van der Waals surface area contributed by atoms with E-state index >= 15 is 0 Å². The van der Waals surface area contributed by atoms with Crippen molar-refractivity contribution in [3.63, 3.8) is 0 Å². The van der Waals surface area contributed by atoms with Crippen molar-refractivity contribution in [1.82, 2.24) is 19.1 Å². The van der Waals surface area contributed by atoms with Crippen molar-refractivity contribution in [2.75, 3.05) is 0 Å². The fourth-order valence-corrected chi connectivity index (χ4v) is 8.99. The Kier molecular flexibility index (Phi) is 7.20. The predicted octanol–water partition coefficient (Wildman–Crippen LogP) is 14.0. The lowest BCUT2D eigenvalue weighted by Gasteiger charge is -2.15. The summed E-state index contributed by atoms with van der Waals surface area (Å²) in [5, 5.41) is 7.29. The molecule has 0 atom stereocenters. The quantitative estimate of drug-likeness (QED) is 0.176. The minimum atomic E-state index is 0.804. The average molecular weight is 739 g/mol. The fraction of sp³-hybridized carbons (Fsp3) is 0. The van der Waals surface area contributed by atoms with Gasteiger partial charge in [-0.15, -0.1) is 0 Å². The highest BCUT2D eigenvalue weighted by atomic mass is 15.1. The van der Waals surface area contributed by atoms with Crippen LogP contribution < -0.4 is 0 Å². The molecule has 0 unspecified atom stereocenters. The van der Waals surface area contributed by atoms with Gasteiger partial charge in [-0.25, -0.2) is 9.97 Å². The monoisotopic (exact) mass is 738 g/mol. The Balaban J connectivity index is 1.13. The van der Waals surface area contributed by atoms with E-state index in [2.05, 4.69) is 203 Å². The third-order valence-electron chi connectivity index (χ3n) is 11.7. The molecule has 12 rings (SSSR count). The Morgan fingerprint density at radius 1 is 0.310 bits per heavy atom. The molecule has 0 saturated heterocycles. The van der Waals surface area contributed by atoms with E-state index in [1.54, 1.807) is 0 Å². The average Bonchev–Trinajstić information content (AvgIpc) is 3.81. The molecule has 0 bridgehead atoms. The molecule has 0 saturated carbocycles. The number of hydrogen-bond donors (Lipinski definition) is 0. The van der Waals surface area contributed by atoms with Crippen molar-refractivity contribution in [1.29, 1.82) is 0 Å². The van der Waals surface area contributed by atoms with Gasteiger partial charge in [-0.2, -0.15) is 0 Å². The van der Waals surface area contributed by atoms with Crippen LogP contribution in [0.5, 0.6) is 0 Å². The van der Waals surface area contributed by atoms with E-state index in [-0.39, 0.29) is 0 Å². The van der Waals surface area contributed by atoms with Gasteiger partial charge in [0.1, 0.15) is 5.69 Å². The minimum Gasteiger partial charge on any atom is -0.309 e. The Hall–Kier alpha value is -7.82. The normalized spacial score (nSPS) is 11.8. The van der Waals surface area contributed by atoms with E-state index in [1.165, 1.54) is 48.9 Å². The van der Waals surface area contributed by atoms with E-state index in [1.807, 2.05) is 12.1 Å². The zero-order valence-electron chi connectivity index (χ0n) is 31.4. The summed E-state index contributed by atoms with van der Waals surface area (Å²) < 4.78 is 4.73. The van der Waals surface area contributed by atoms with Gasteiger partial charge in [-0.3, -0.25) is 4.57 Å². The van der Waals surface area contributed by atoms with Crippen molar-refractivity contribution in [2.45, 2.75) is 0 Å². The summed E-state index contributed by atoms with van der Waals surface area (Å²) in [6, 6.07) is 73.8. The topological polar surface area (TPSA) is 35.6 Å². The maximum absolute atomic E-state index is 5.46. The van der Waals surface area contributed by atoms with Gasteiger partial charge in [0.15, 0.2) is 5.82 Å². The molecule has 0 aliphatic heterocycles. The molecule has 270 valence electrons. The van der Waals surface area contributed by atoms with Gasteiger partial charge in [0, 0.05) is 32.8 Å². The molecule has 12 aromatic rings. The SMILES string of the molecule is c1ccc(-c2ccc(-c3nc4ccccc4nc3-n3c4cc(-c5ccc6c7ccccc7n(-c7ccccc7)c6c5)ccc4c4c5ccccc5ccc43)cc2)cc1. The summed E-state index contributed by atoms with van der Waals surface area (Å²) in [5.41, 5.74) is 13.9. The molecule has 0 amide bonds. The van der Waals surface area contributed by atoms with Crippen LogP contribution in [0.2, 0.25) is 0 Å². The lowest BCUT2D eigenvalue weighted by molar-refractivity contribution is 1.08. The van der Waals surface area contributed by atoms with Crippen LogP contribution in [0.1, 0.15) is 0 Å². The number of nitrogens with zero attached hydrogens (tertiary/aromatic N) is 4. The maximum atomic E-state index is 5.46. The second-order valence-corrected chi connectivity index (χ2v) is 15.0. The van der Waals surface area contributed by atoms with Gasteiger partial charge >= 0.3 is 0 Å². The van der Waals surface area contributed by atoms with Gasteiger partial charge < -0.3 is 4.57 Å². The second-order valence-electron chi connectivity index (χ2n) is 15.0. The number of para-hydroxylation sites is 4. The Labute approximate surface area is 334 Å². The summed E-state index contributed by atoms with van der Waals surface area (Å²) in [6.45, 7) is 0. The second kappa shape index (κ2) is 12.9. The third-order valence-corrected chi connectivity index (χ3v) is 11.7. The summed E-state index contributed by atoms with van der Waals surface area (Å²) in [6.07, 6.45) is 0. The number of fused-ring (bicyclic) bond motifs is 9. The van der Waals surface area contributed by atoms with Crippen LogP contribution in [0.25, 0.3) is 110 Å². The molecule has 0 aliphatic rings. The van der Waals surface area contributed by atoms with Gasteiger partial charge in [0.2, 0.25) is 0 Å². The largest absolute Gasteiger partial charge is 0.309 e. The molecule has 9 aromatic carbocycles. The van der Waals surface area contributed by atoms with Gasteiger partial charge in [-0.1, -0.05) is 158 Å². The van der Waals surface area contributed by atoms with Crippen LogP contribution in [0.3, 0.4) is 0 Å². The van der Waals surface area contributed by atoms with Gasteiger partial charge in [0.05, 0.1) is 33.1 Å². The van der Waals surface area contributed by atoms with Crippen LogP contribution in [0, 0.1) is 0 Å². The first-order chi connectivity index (χ1) is 28.8. The Bertz CT molecular complexity index is 3540. The van der Waals surface area contributed by atoms with E-state index in [4.69, 9.17) is 9.97 Å². The molecule has 0 N–H and O–H groups in total. The number of aromatic nitrogens is 4. The fourth-order valence-electron chi connectivity index (χ4n) is 8.99. The Morgan fingerprint density at radius 3 is 1.64 bits per heavy atom. The number of benzene rings is 9. The van der Waals surface area contributed by atoms with Crippen molar-refractivity contribution in [2.24, 2.45) is 0 Å². The number of rotatable bonds is 5. The molecule has 3 heterocycles. The van der Waals surface area contributed by atoms with Crippen LogP contribution in [0.4, 0.5) is 0 Å². The zero-order chi connectivity index (χ0) is 38.2. The first-order valence-electron chi connectivity index (χ1n) is 19.7. The molecule has 3 aromatic heterocycles. The van der Waals surface area contributed by atoms with E-state index in [9.17, 15) is 0 Å². The first kappa shape index (κ1) is 32.4. The molecular weight excluding hydrogens is 705 g/mol. The third kappa shape index (κ3) is 5.02. The molecule has 0 fully saturated rings. The minimum absolute atomic E-state index is 0.804. The van der Waals surface area contributed by atoms with E-state index in [0.29, 0.717) is 0 Å². The van der Waals surface area contributed by atoms with Crippen molar-refractivity contribution in [3.05, 3.63) is 206 Å². The zero-order valence-corrected chi connectivity index (χ0v) is 31.4. The van der Waals surface area contributed by atoms with Gasteiger partial charge in [-0.05, 0) is 81.6 Å². The first-order valence-corrected chi connectivity index (χ1v) is 19.7. The molecule has 0 spiro atoms.